The number of carboxylic acid groups (broad SMARTS) is 1. The first kappa shape index (κ1) is 19.1. The van der Waals surface area contributed by atoms with Gasteiger partial charge in [-0.25, -0.2) is 4.79 Å². The molecule has 4 atom stereocenters. The number of aliphatic carboxylic acids is 1. The molecule has 2 aliphatic rings. The van der Waals surface area contributed by atoms with Gasteiger partial charge >= 0.3 is 18.3 Å². The molecule has 0 amide bonds. The Hall–Kier alpha value is -1.25. The molecule has 0 spiro atoms. The number of halogens is 6. The van der Waals surface area contributed by atoms with Gasteiger partial charge in [0.2, 0.25) is 0 Å². The van der Waals surface area contributed by atoms with Crippen LogP contribution in [0, 0.1) is 23.7 Å². The van der Waals surface area contributed by atoms with E-state index >= 15 is 0 Å². The summed E-state index contributed by atoms with van der Waals surface area (Å²) >= 11 is 0. The molecule has 0 heterocycles. The minimum absolute atomic E-state index is 0.0215. The highest BCUT2D eigenvalue weighted by atomic mass is 19.4. The molecule has 2 rings (SSSR count). The molecule has 0 aromatic carbocycles. The number of carboxylic acids is 1. The van der Waals surface area contributed by atoms with Crippen molar-refractivity contribution in [3.05, 3.63) is 11.6 Å². The molecule has 2 fully saturated rings. The molecule has 138 valence electrons. The fraction of sp³-hybridized carbons (Fsp3) is 0.800. The molecular weight excluding hydrogens is 342 g/mol. The lowest BCUT2D eigenvalue weighted by atomic mass is 9.74. The van der Waals surface area contributed by atoms with Crippen LogP contribution in [-0.2, 0) is 4.79 Å². The maximum Gasteiger partial charge on any atom is 0.426 e. The smallest absolute Gasteiger partial charge is 0.426 e. The molecule has 4 unspecified atom stereocenters. The number of hydrogen-bond acceptors (Lipinski definition) is 2. The van der Waals surface area contributed by atoms with Gasteiger partial charge in [-0.3, -0.25) is 0 Å². The SMILES string of the molecule is CC(=CC1CC2CC(CC(O)(C(F)(F)F)C(F)(F)F)C1C2)C(=O)O. The van der Waals surface area contributed by atoms with E-state index in [0.717, 1.165) is 0 Å². The van der Waals surface area contributed by atoms with Gasteiger partial charge in [0.25, 0.3) is 5.60 Å². The van der Waals surface area contributed by atoms with Gasteiger partial charge in [0.1, 0.15) is 0 Å². The third-order valence-corrected chi connectivity index (χ3v) is 5.30. The fourth-order valence-electron chi connectivity index (χ4n) is 4.14. The third kappa shape index (κ3) is 3.27. The molecule has 0 radical (unpaired) electrons. The molecule has 2 bridgehead atoms. The Kier molecular flexibility index (Phi) is 4.71. The first-order valence-corrected chi connectivity index (χ1v) is 7.54. The topological polar surface area (TPSA) is 57.5 Å². The van der Waals surface area contributed by atoms with Crippen molar-refractivity contribution in [1.29, 1.82) is 0 Å². The highest BCUT2D eigenvalue weighted by molar-refractivity contribution is 5.85. The second-order valence-corrected chi connectivity index (χ2v) is 6.88. The minimum Gasteiger partial charge on any atom is -0.478 e. The lowest BCUT2D eigenvalue weighted by Gasteiger charge is -2.37. The molecule has 9 heteroatoms. The van der Waals surface area contributed by atoms with Gasteiger partial charge in [-0.15, -0.1) is 0 Å². The number of rotatable bonds is 4. The normalized spacial score (nSPS) is 31.6. The van der Waals surface area contributed by atoms with E-state index in [1.807, 2.05) is 0 Å². The molecular formula is C15H18F6O3. The molecule has 3 nitrogen and oxygen atoms in total. The summed E-state index contributed by atoms with van der Waals surface area (Å²) in [6.45, 7) is 1.34. The van der Waals surface area contributed by atoms with Crippen LogP contribution < -0.4 is 0 Å². The molecule has 0 aromatic rings. The van der Waals surface area contributed by atoms with Crippen LogP contribution in [-0.4, -0.2) is 34.1 Å². The van der Waals surface area contributed by atoms with E-state index in [1.165, 1.54) is 13.0 Å². The monoisotopic (exact) mass is 360 g/mol. The Bertz CT molecular complexity index is 522. The quantitative estimate of drug-likeness (QED) is 0.590. The molecule has 2 aliphatic carbocycles. The zero-order chi connectivity index (χ0) is 18.5. The summed E-state index contributed by atoms with van der Waals surface area (Å²) in [5.74, 6) is -2.99. The molecule has 24 heavy (non-hydrogen) atoms. The van der Waals surface area contributed by atoms with Crippen LogP contribution in [0.4, 0.5) is 26.3 Å². The summed E-state index contributed by atoms with van der Waals surface area (Å²) < 4.78 is 77.1. The fourth-order valence-corrected chi connectivity index (χ4v) is 4.14. The summed E-state index contributed by atoms with van der Waals surface area (Å²) in [4.78, 5) is 10.9. The van der Waals surface area contributed by atoms with Crippen LogP contribution in [0.15, 0.2) is 11.6 Å². The van der Waals surface area contributed by atoms with Crippen molar-refractivity contribution in [3.8, 4) is 0 Å². The average molecular weight is 360 g/mol. The van der Waals surface area contributed by atoms with Gasteiger partial charge in [-0.1, -0.05) is 6.08 Å². The van der Waals surface area contributed by atoms with Crippen molar-refractivity contribution >= 4 is 5.97 Å². The Morgan fingerprint density at radius 2 is 1.62 bits per heavy atom. The van der Waals surface area contributed by atoms with Crippen LogP contribution in [0.25, 0.3) is 0 Å². The second kappa shape index (κ2) is 5.93. The van der Waals surface area contributed by atoms with Gasteiger partial charge in [0.15, 0.2) is 0 Å². The molecule has 2 saturated carbocycles. The standard InChI is InChI=1S/C15H18F6O3/c1-7(12(22)23)2-9-3-8-4-10(11(9)5-8)6-13(24,14(16,17)18)15(19,20)21/h2,8-11,24H,3-6H2,1H3,(H,22,23). The highest BCUT2D eigenvalue weighted by Crippen LogP contribution is 2.57. The zero-order valence-electron chi connectivity index (χ0n) is 12.8. The number of hydrogen-bond donors (Lipinski definition) is 2. The summed E-state index contributed by atoms with van der Waals surface area (Å²) in [5, 5.41) is 18.2. The predicted molar refractivity (Wildman–Crippen MR) is 70.9 cm³/mol. The maximum atomic E-state index is 12.8. The van der Waals surface area contributed by atoms with Crippen LogP contribution in [0.3, 0.4) is 0 Å². The Labute approximate surface area is 134 Å². The zero-order valence-corrected chi connectivity index (χ0v) is 12.8. The summed E-state index contributed by atoms with van der Waals surface area (Å²) in [6, 6.07) is 0. The number of alkyl halides is 6. The van der Waals surface area contributed by atoms with Gasteiger partial charge < -0.3 is 10.2 Å². The number of fused-ring (bicyclic) bond motifs is 2. The van der Waals surface area contributed by atoms with E-state index in [2.05, 4.69) is 0 Å². The van der Waals surface area contributed by atoms with E-state index in [9.17, 15) is 36.2 Å². The van der Waals surface area contributed by atoms with Crippen molar-refractivity contribution in [2.45, 2.75) is 50.6 Å². The highest BCUT2D eigenvalue weighted by Gasteiger charge is 2.71. The lowest BCUT2D eigenvalue weighted by molar-refractivity contribution is -0.373. The van der Waals surface area contributed by atoms with Crippen molar-refractivity contribution in [3.63, 3.8) is 0 Å². The van der Waals surface area contributed by atoms with Crippen molar-refractivity contribution in [1.82, 2.24) is 0 Å². The first-order chi connectivity index (χ1) is 10.8. The van der Waals surface area contributed by atoms with Crippen LogP contribution in [0.2, 0.25) is 0 Å². The van der Waals surface area contributed by atoms with Crippen LogP contribution >= 0.6 is 0 Å². The molecule has 0 aliphatic heterocycles. The Balaban J connectivity index is 2.22. The number of aliphatic hydroxyl groups is 1. The third-order valence-electron chi connectivity index (χ3n) is 5.30. The summed E-state index contributed by atoms with van der Waals surface area (Å²) in [5.41, 5.74) is -4.71. The number of carbonyl (C=O) groups is 1. The van der Waals surface area contributed by atoms with Crippen molar-refractivity contribution < 1.29 is 41.4 Å². The summed E-state index contributed by atoms with van der Waals surface area (Å²) in [6.07, 6.45) is -10.4. The van der Waals surface area contributed by atoms with Gasteiger partial charge in [0, 0.05) is 5.57 Å². The van der Waals surface area contributed by atoms with Crippen LogP contribution in [0.1, 0.15) is 32.6 Å². The molecule has 0 saturated heterocycles. The minimum atomic E-state index is -5.81. The molecule has 2 N–H and O–H groups in total. The average Bonchev–Trinajstić information content (AvgIpc) is 2.94. The van der Waals surface area contributed by atoms with E-state index in [-0.39, 0.29) is 23.8 Å². The van der Waals surface area contributed by atoms with E-state index < -0.39 is 42.2 Å². The Morgan fingerprint density at radius 3 is 2.04 bits per heavy atom. The molecule has 0 aromatic heterocycles. The van der Waals surface area contributed by atoms with Crippen molar-refractivity contribution in [2.75, 3.05) is 0 Å². The van der Waals surface area contributed by atoms with E-state index in [1.54, 1.807) is 0 Å². The Morgan fingerprint density at radius 1 is 1.08 bits per heavy atom. The van der Waals surface area contributed by atoms with E-state index in [4.69, 9.17) is 5.11 Å². The van der Waals surface area contributed by atoms with Gasteiger partial charge in [-0.05, 0) is 56.3 Å². The predicted octanol–water partition coefficient (Wildman–Crippen LogP) is 3.93. The van der Waals surface area contributed by atoms with Crippen molar-refractivity contribution in [2.24, 2.45) is 23.7 Å². The lowest BCUT2D eigenvalue weighted by Crippen LogP contribution is -2.58. The summed E-state index contributed by atoms with van der Waals surface area (Å²) in [7, 11) is 0. The number of allylic oxidation sites excluding steroid dienone is 1. The van der Waals surface area contributed by atoms with Crippen LogP contribution in [0.5, 0.6) is 0 Å². The van der Waals surface area contributed by atoms with Gasteiger partial charge in [0.05, 0.1) is 0 Å². The largest absolute Gasteiger partial charge is 0.478 e. The second-order valence-electron chi connectivity index (χ2n) is 6.88. The van der Waals surface area contributed by atoms with E-state index in [0.29, 0.717) is 12.8 Å². The first-order valence-electron chi connectivity index (χ1n) is 7.54. The maximum absolute atomic E-state index is 12.8. The van der Waals surface area contributed by atoms with Gasteiger partial charge in [-0.2, -0.15) is 26.3 Å².